The molecule has 1 amide bonds. The summed E-state index contributed by atoms with van der Waals surface area (Å²) in [5, 5.41) is 10.3. The summed E-state index contributed by atoms with van der Waals surface area (Å²) in [7, 11) is 0. The van der Waals surface area contributed by atoms with Gasteiger partial charge in [0.15, 0.2) is 5.65 Å². The second kappa shape index (κ2) is 9.80. The number of amides is 1. The number of aromatic nitrogens is 4. The van der Waals surface area contributed by atoms with Gasteiger partial charge in [-0.3, -0.25) is 9.59 Å². The molecule has 3 heterocycles. The Bertz CT molecular complexity index is 1470. The molecule has 0 unspecified atom stereocenters. The van der Waals surface area contributed by atoms with E-state index in [9.17, 15) is 9.59 Å². The number of esters is 1. The van der Waals surface area contributed by atoms with Crippen molar-refractivity contribution >= 4 is 34.4 Å². The van der Waals surface area contributed by atoms with Gasteiger partial charge in [0.2, 0.25) is 5.95 Å². The van der Waals surface area contributed by atoms with E-state index in [1.165, 1.54) is 26.2 Å². The number of anilines is 1. The van der Waals surface area contributed by atoms with Crippen LogP contribution in [0.4, 0.5) is 5.95 Å². The number of benzene rings is 2. The number of ether oxygens (including phenoxy) is 1. The van der Waals surface area contributed by atoms with Crippen LogP contribution in [0.25, 0.3) is 16.6 Å². The third-order valence-corrected chi connectivity index (χ3v) is 7.44. The number of carbonyl (C=O) groups is 2. The summed E-state index contributed by atoms with van der Waals surface area (Å²) in [5.74, 6) is 1.93. The molecule has 6 rings (SSSR count). The SMILES string of the molecule is CC(=O)Oc1ccccc1C(=O)N1CCN(c2nc3ccccc3c3nnc(C4CCCCC4)n23)CC1. The number of hydrogen-bond acceptors (Lipinski definition) is 7. The first-order valence-corrected chi connectivity index (χ1v) is 13.1. The minimum absolute atomic E-state index is 0.139. The zero-order chi connectivity index (χ0) is 25.4. The van der Waals surface area contributed by atoms with Crippen LogP contribution in [0.3, 0.4) is 0 Å². The molecule has 1 aliphatic heterocycles. The molecule has 2 fully saturated rings. The largest absolute Gasteiger partial charge is 0.426 e. The maximum atomic E-state index is 13.3. The van der Waals surface area contributed by atoms with Gasteiger partial charge in [-0.25, -0.2) is 9.38 Å². The van der Waals surface area contributed by atoms with E-state index in [0.29, 0.717) is 43.4 Å². The van der Waals surface area contributed by atoms with Gasteiger partial charge in [-0.15, -0.1) is 10.2 Å². The van der Waals surface area contributed by atoms with Gasteiger partial charge in [-0.2, -0.15) is 0 Å². The third kappa shape index (κ3) is 4.39. The minimum Gasteiger partial charge on any atom is -0.426 e. The van der Waals surface area contributed by atoms with Gasteiger partial charge in [-0.05, 0) is 37.1 Å². The summed E-state index contributed by atoms with van der Waals surface area (Å²) in [6.45, 7) is 3.66. The van der Waals surface area contributed by atoms with Crippen LogP contribution >= 0.6 is 0 Å². The molecule has 4 aromatic rings. The Hall–Kier alpha value is -4.01. The fourth-order valence-corrected chi connectivity index (χ4v) is 5.59. The Morgan fingerprint density at radius 3 is 2.41 bits per heavy atom. The van der Waals surface area contributed by atoms with Gasteiger partial charge in [-0.1, -0.05) is 43.5 Å². The minimum atomic E-state index is -0.445. The van der Waals surface area contributed by atoms with Crippen LogP contribution in [0.5, 0.6) is 5.75 Å². The lowest BCUT2D eigenvalue weighted by Crippen LogP contribution is -2.49. The van der Waals surface area contributed by atoms with Gasteiger partial charge < -0.3 is 14.5 Å². The molecule has 37 heavy (non-hydrogen) atoms. The summed E-state index contributed by atoms with van der Waals surface area (Å²) in [5.41, 5.74) is 2.13. The number of rotatable bonds is 4. The molecular formula is C28H30N6O3. The lowest BCUT2D eigenvalue weighted by molar-refractivity contribution is -0.131. The number of fused-ring (bicyclic) bond motifs is 3. The molecule has 0 bridgehead atoms. The second-order valence-corrected chi connectivity index (χ2v) is 9.85. The molecule has 0 radical (unpaired) electrons. The van der Waals surface area contributed by atoms with Gasteiger partial charge in [0, 0.05) is 44.4 Å². The second-order valence-electron chi connectivity index (χ2n) is 9.85. The highest BCUT2D eigenvalue weighted by Crippen LogP contribution is 2.35. The van der Waals surface area contributed by atoms with E-state index in [4.69, 9.17) is 9.72 Å². The van der Waals surface area contributed by atoms with Crippen LogP contribution < -0.4 is 9.64 Å². The van der Waals surface area contributed by atoms with E-state index in [0.717, 1.165) is 41.2 Å². The first kappa shape index (κ1) is 23.4. The molecule has 2 aliphatic rings. The average molecular weight is 499 g/mol. The molecular weight excluding hydrogens is 468 g/mol. The third-order valence-electron chi connectivity index (χ3n) is 7.44. The van der Waals surface area contributed by atoms with Crippen LogP contribution in [-0.2, 0) is 4.79 Å². The summed E-state index contributed by atoms with van der Waals surface area (Å²) in [6, 6.07) is 15.0. The van der Waals surface area contributed by atoms with Gasteiger partial charge >= 0.3 is 5.97 Å². The van der Waals surface area contributed by atoms with Crippen molar-refractivity contribution in [3.8, 4) is 5.75 Å². The lowest BCUT2D eigenvalue weighted by atomic mass is 9.89. The van der Waals surface area contributed by atoms with Gasteiger partial charge in [0.05, 0.1) is 11.1 Å². The van der Waals surface area contributed by atoms with Crippen molar-refractivity contribution in [2.24, 2.45) is 0 Å². The number of para-hydroxylation sites is 2. The topological polar surface area (TPSA) is 92.9 Å². The first-order chi connectivity index (χ1) is 18.1. The first-order valence-electron chi connectivity index (χ1n) is 13.1. The summed E-state index contributed by atoms with van der Waals surface area (Å²) in [4.78, 5) is 34.0. The molecule has 1 saturated heterocycles. The Kier molecular flexibility index (Phi) is 6.20. The van der Waals surface area contributed by atoms with Crippen LogP contribution in [-0.4, -0.2) is 62.5 Å². The molecule has 9 heteroatoms. The molecule has 190 valence electrons. The lowest BCUT2D eigenvalue weighted by Gasteiger charge is -2.36. The van der Waals surface area contributed by atoms with Crippen molar-refractivity contribution in [3.63, 3.8) is 0 Å². The van der Waals surface area contributed by atoms with Gasteiger partial charge in [0.25, 0.3) is 5.91 Å². The fourth-order valence-electron chi connectivity index (χ4n) is 5.59. The van der Waals surface area contributed by atoms with E-state index >= 15 is 0 Å². The highest BCUT2D eigenvalue weighted by Gasteiger charge is 2.29. The predicted molar refractivity (Wildman–Crippen MR) is 140 cm³/mol. The fraction of sp³-hybridized carbons (Fsp3) is 0.393. The van der Waals surface area contributed by atoms with Crippen LogP contribution in [0.15, 0.2) is 48.5 Å². The highest BCUT2D eigenvalue weighted by atomic mass is 16.5. The Morgan fingerprint density at radius 2 is 1.62 bits per heavy atom. The number of nitrogens with zero attached hydrogens (tertiary/aromatic N) is 6. The Balaban J connectivity index is 1.31. The van der Waals surface area contributed by atoms with Crippen molar-refractivity contribution < 1.29 is 14.3 Å². The van der Waals surface area contributed by atoms with Crippen molar-refractivity contribution in [1.82, 2.24) is 24.5 Å². The molecule has 2 aromatic heterocycles. The summed E-state index contributed by atoms with van der Waals surface area (Å²) in [6.07, 6.45) is 5.95. The van der Waals surface area contributed by atoms with E-state index in [2.05, 4.69) is 25.6 Å². The van der Waals surface area contributed by atoms with E-state index in [-0.39, 0.29) is 5.91 Å². The molecule has 1 saturated carbocycles. The number of hydrogen-bond donors (Lipinski definition) is 0. The molecule has 9 nitrogen and oxygen atoms in total. The van der Waals surface area contributed by atoms with Crippen LogP contribution in [0, 0.1) is 0 Å². The maximum absolute atomic E-state index is 13.3. The van der Waals surface area contributed by atoms with Crippen molar-refractivity contribution in [2.45, 2.75) is 44.9 Å². The number of carbonyl (C=O) groups excluding carboxylic acids is 2. The van der Waals surface area contributed by atoms with Crippen molar-refractivity contribution in [3.05, 3.63) is 59.9 Å². The molecule has 2 aromatic carbocycles. The molecule has 0 N–H and O–H groups in total. The summed E-state index contributed by atoms with van der Waals surface area (Å²) < 4.78 is 7.43. The zero-order valence-electron chi connectivity index (χ0n) is 21.0. The molecule has 0 atom stereocenters. The zero-order valence-corrected chi connectivity index (χ0v) is 21.0. The van der Waals surface area contributed by atoms with Gasteiger partial charge in [0.1, 0.15) is 11.6 Å². The smallest absolute Gasteiger partial charge is 0.308 e. The van der Waals surface area contributed by atoms with Crippen molar-refractivity contribution in [2.75, 3.05) is 31.1 Å². The Morgan fingerprint density at radius 1 is 0.892 bits per heavy atom. The monoisotopic (exact) mass is 498 g/mol. The molecule has 0 spiro atoms. The van der Waals surface area contributed by atoms with Crippen molar-refractivity contribution in [1.29, 1.82) is 0 Å². The maximum Gasteiger partial charge on any atom is 0.308 e. The standard InChI is InChI=1S/C28H30N6O3/c1-19(35)37-24-14-8-6-12-22(24)27(36)32-15-17-33(18-16-32)28-29-23-13-7-5-11-21(23)26-31-30-25(34(26)28)20-9-3-2-4-10-20/h5-8,11-14,20H,2-4,9-10,15-18H2,1H3. The van der Waals surface area contributed by atoms with Crippen LogP contribution in [0.2, 0.25) is 0 Å². The quantitative estimate of drug-likeness (QED) is 0.307. The Labute approximate surface area is 215 Å². The average Bonchev–Trinajstić information content (AvgIpc) is 3.39. The highest BCUT2D eigenvalue weighted by molar-refractivity contribution is 5.98. The van der Waals surface area contributed by atoms with Crippen LogP contribution in [0.1, 0.15) is 61.1 Å². The summed E-state index contributed by atoms with van der Waals surface area (Å²) >= 11 is 0. The van der Waals surface area contributed by atoms with E-state index < -0.39 is 5.97 Å². The van der Waals surface area contributed by atoms with E-state index in [1.54, 1.807) is 24.3 Å². The molecule has 1 aliphatic carbocycles. The predicted octanol–water partition coefficient (Wildman–Crippen LogP) is 4.21. The normalized spacial score (nSPS) is 16.9. The number of piperazine rings is 1. The van der Waals surface area contributed by atoms with E-state index in [1.807, 2.05) is 23.1 Å².